The van der Waals surface area contributed by atoms with Gasteiger partial charge < -0.3 is 10.2 Å². The van der Waals surface area contributed by atoms with E-state index in [2.05, 4.69) is 22.3 Å². The summed E-state index contributed by atoms with van der Waals surface area (Å²) in [7, 11) is 0. The van der Waals surface area contributed by atoms with E-state index in [4.69, 9.17) is 0 Å². The molecule has 0 aromatic heterocycles. The van der Waals surface area contributed by atoms with Crippen LogP contribution in [0.15, 0.2) is 72.8 Å². The third-order valence-corrected chi connectivity index (χ3v) is 7.12. The first kappa shape index (κ1) is 22.2. The molecule has 1 N–H and O–H groups in total. The van der Waals surface area contributed by atoms with Gasteiger partial charge in [-0.2, -0.15) is 11.8 Å². The normalized spacial score (nSPS) is 15.4. The number of imide groups is 1. The minimum Gasteiger partial charge on any atom is -0.370 e. The minimum atomic E-state index is -0.370. The van der Waals surface area contributed by atoms with E-state index in [0.717, 1.165) is 35.7 Å². The Labute approximate surface area is 202 Å². The van der Waals surface area contributed by atoms with E-state index in [9.17, 15) is 14.4 Å². The Morgan fingerprint density at radius 3 is 2.26 bits per heavy atom. The quantitative estimate of drug-likeness (QED) is 0.551. The van der Waals surface area contributed by atoms with Gasteiger partial charge >= 0.3 is 0 Å². The molecule has 2 aliphatic rings. The fourth-order valence-corrected chi connectivity index (χ4v) is 5.18. The Hall–Kier alpha value is -3.58. The largest absolute Gasteiger partial charge is 0.370 e. The van der Waals surface area contributed by atoms with Crippen LogP contribution in [0.2, 0.25) is 0 Å². The number of thioether (sulfide) groups is 1. The van der Waals surface area contributed by atoms with Crippen molar-refractivity contribution in [1.29, 1.82) is 0 Å². The highest BCUT2D eigenvalue weighted by atomic mass is 32.2. The van der Waals surface area contributed by atoms with Gasteiger partial charge in [0.05, 0.1) is 17.7 Å². The highest BCUT2D eigenvalue weighted by molar-refractivity contribution is 7.99. The average molecular weight is 472 g/mol. The molecule has 34 heavy (non-hydrogen) atoms. The Morgan fingerprint density at radius 1 is 0.824 bits per heavy atom. The number of fused-ring (bicyclic) bond motifs is 1. The van der Waals surface area contributed by atoms with Crippen LogP contribution in [0.25, 0.3) is 0 Å². The van der Waals surface area contributed by atoms with Crippen LogP contribution in [0, 0.1) is 0 Å². The molecule has 0 atom stereocenters. The fourth-order valence-electron chi connectivity index (χ4n) is 4.27. The molecular formula is C27H25N3O3S. The average Bonchev–Trinajstić information content (AvgIpc) is 3.13. The summed E-state index contributed by atoms with van der Waals surface area (Å²) in [5.74, 6) is 1.32. The molecular weight excluding hydrogens is 446 g/mol. The zero-order valence-electron chi connectivity index (χ0n) is 18.7. The molecule has 7 heteroatoms. The lowest BCUT2D eigenvalue weighted by molar-refractivity contribution is 0.0642. The molecule has 1 fully saturated rings. The number of carbonyl (C=O) groups excluding carboxylic acids is 3. The molecule has 3 aromatic carbocycles. The lowest BCUT2D eigenvalue weighted by Crippen LogP contribution is -2.32. The summed E-state index contributed by atoms with van der Waals surface area (Å²) in [6.07, 6.45) is 0. The van der Waals surface area contributed by atoms with Crippen LogP contribution in [-0.2, 0) is 13.1 Å². The molecule has 5 rings (SSSR count). The molecule has 0 aliphatic carbocycles. The van der Waals surface area contributed by atoms with Gasteiger partial charge in [0.1, 0.15) is 0 Å². The molecule has 0 spiro atoms. The van der Waals surface area contributed by atoms with Crippen molar-refractivity contribution in [2.24, 2.45) is 0 Å². The molecule has 3 amide bonds. The number of rotatable bonds is 6. The van der Waals surface area contributed by atoms with E-state index in [-0.39, 0.29) is 29.8 Å². The van der Waals surface area contributed by atoms with Crippen molar-refractivity contribution in [3.63, 3.8) is 0 Å². The second-order valence-corrected chi connectivity index (χ2v) is 9.62. The molecule has 6 nitrogen and oxygen atoms in total. The van der Waals surface area contributed by atoms with Crippen molar-refractivity contribution in [2.75, 3.05) is 29.5 Å². The third kappa shape index (κ3) is 4.56. The SMILES string of the molecule is O=C(NCc1ccc(N2CCSCC2)cc1)c1ccc2c(c1)C(=O)N(Cc1ccccc1)C2=O. The second-order valence-electron chi connectivity index (χ2n) is 8.39. The number of hydrogen-bond acceptors (Lipinski definition) is 5. The van der Waals surface area contributed by atoms with E-state index in [1.165, 1.54) is 16.7 Å². The Kier molecular flexibility index (Phi) is 6.36. The summed E-state index contributed by atoms with van der Waals surface area (Å²) >= 11 is 1.98. The number of anilines is 1. The Balaban J connectivity index is 1.23. The van der Waals surface area contributed by atoms with E-state index in [0.29, 0.717) is 17.7 Å². The van der Waals surface area contributed by atoms with Crippen LogP contribution in [0.5, 0.6) is 0 Å². The number of hydrogen-bond donors (Lipinski definition) is 1. The zero-order valence-corrected chi connectivity index (χ0v) is 19.5. The number of carbonyl (C=O) groups is 3. The van der Waals surface area contributed by atoms with Gasteiger partial charge in [0, 0.05) is 42.4 Å². The summed E-state index contributed by atoms with van der Waals surface area (Å²) < 4.78 is 0. The monoisotopic (exact) mass is 471 g/mol. The number of nitrogens with one attached hydrogen (secondary N) is 1. The smallest absolute Gasteiger partial charge is 0.261 e. The van der Waals surface area contributed by atoms with E-state index < -0.39 is 0 Å². The van der Waals surface area contributed by atoms with Gasteiger partial charge in [-0.05, 0) is 41.5 Å². The van der Waals surface area contributed by atoms with Gasteiger partial charge in [-0.3, -0.25) is 19.3 Å². The van der Waals surface area contributed by atoms with Crippen LogP contribution < -0.4 is 10.2 Å². The van der Waals surface area contributed by atoms with Crippen LogP contribution in [0.1, 0.15) is 42.2 Å². The van der Waals surface area contributed by atoms with E-state index >= 15 is 0 Å². The molecule has 1 saturated heterocycles. The predicted octanol–water partition coefficient (Wildman–Crippen LogP) is 3.97. The van der Waals surface area contributed by atoms with Crippen LogP contribution in [0.3, 0.4) is 0 Å². The number of benzene rings is 3. The van der Waals surface area contributed by atoms with Gasteiger partial charge in [0.2, 0.25) is 0 Å². The van der Waals surface area contributed by atoms with E-state index in [1.807, 2.05) is 54.2 Å². The number of amides is 3. The highest BCUT2D eigenvalue weighted by Gasteiger charge is 2.36. The lowest BCUT2D eigenvalue weighted by atomic mass is 10.1. The molecule has 0 unspecified atom stereocenters. The van der Waals surface area contributed by atoms with Crippen molar-refractivity contribution < 1.29 is 14.4 Å². The van der Waals surface area contributed by atoms with Crippen molar-refractivity contribution in [1.82, 2.24) is 10.2 Å². The molecule has 172 valence electrons. The fraction of sp³-hybridized carbons (Fsp3) is 0.222. The highest BCUT2D eigenvalue weighted by Crippen LogP contribution is 2.26. The second kappa shape index (κ2) is 9.73. The summed E-state index contributed by atoms with van der Waals surface area (Å²) in [6.45, 7) is 2.71. The molecule has 2 aliphatic heterocycles. The topological polar surface area (TPSA) is 69.7 Å². The first-order valence-electron chi connectivity index (χ1n) is 11.3. The summed E-state index contributed by atoms with van der Waals surface area (Å²) in [4.78, 5) is 42.0. The van der Waals surface area contributed by atoms with Crippen molar-refractivity contribution in [3.8, 4) is 0 Å². The van der Waals surface area contributed by atoms with Crippen LogP contribution in [0.4, 0.5) is 5.69 Å². The van der Waals surface area contributed by atoms with E-state index in [1.54, 1.807) is 12.1 Å². The maximum atomic E-state index is 12.9. The Morgan fingerprint density at radius 2 is 1.53 bits per heavy atom. The van der Waals surface area contributed by atoms with Gasteiger partial charge in [-0.1, -0.05) is 42.5 Å². The van der Waals surface area contributed by atoms with Crippen molar-refractivity contribution in [3.05, 3.63) is 101 Å². The zero-order chi connectivity index (χ0) is 23.5. The summed E-state index contributed by atoms with van der Waals surface area (Å²) in [5.41, 5.74) is 4.06. The first-order valence-corrected chi connectivity index (χ1v) is 12.5. The maximum absolute atomic E-state index is 12.9. The third-order valence-electron chi connectivity index (χ3n) is 6.18. The molecule has 0 saturated carbocycles. The van der Waals surface area contributed by atoms with Crippen molar-refractivity contribution in [2.45, 2.75) is 13.1 Å². The minimum absolute atomic E-state index is 0.209. The van der Waals surface area contributed by atoms with Crippen LogP contribution >= 0.6 is 11.8 Å². The first-order chi connectivity index (χ1) is 16.6. The van der Waals surface area contributed by atoms with Gasteiger partial charge in [0.15, 0.2) is 0 Å². The maximum Gasteiger partial charge on any atom is 0.261 e. The van der Waals surface area contributed by atoms with Gasteiger partial charge in [0.25, 0.3) is 17.7 Å². The van der Waals surface area contributed by atoms with Gasteiger partial charge in [-0.15, -0.1) is 0 Å². The summed E-state index contributed by atoms with van der Waals surface area (Å²) in [5, 5.41) is 2.92. The van der Waals surface area contributed by atoms with Crippen molar-refractivity contribution >= 4 is 35.2 Å². The predicted molar refractivity (Wildman–Crippen MR) is 134 cm³/mol. The summed E-state index contributed by atoms with van der Waals surface area (Å²) in [6, 6.07) is 22.3. The standard InChI is InChI=1S/C27H25N3O3S/c31-25(28-17-19-6-9-22(10-7-19)29-12-14-34-15-13-29)21-8-11-23-24(16-21)27(33)30(26(23)32)18-20-4-2-1-3-5-20/h1-11,16H,12-15,17-18H2,(H,28,31). The molecule has 0 radical (unpaired) electrons. The molecule has 3 aromatic rings. The van der Waals surface area contributed by atoms with Crippen LogP contribution in [-0.4, -0.2) is 47.2 Å². The molecule has 0 bridgehead atoms. The Bertz CT molecular complexity index is 1220. The number of nitrogens with zero attached hydrogens (tertiary/aromatic N) is 2. The lowest BCUT2D eigenvalue weighted by Gasteiger charge is -2.28. The van der Waals surface area contributed by atoms with Gasteiger partial charge in [-0.25, -0.2) is 0 Å². The molecule has 2 heterocycles.